The van der Waals surface area contributed by atoms with Crippen LogP contribution in [0.5, 0.6) is 0 Å². The first-order valence-corrected chi connectivity index (χ1v) is 5.14. The molecule has 1 rings (SSSR count). The number of carboxylic acids is 1. The highest BCUT2D eigenvalue weighted by atomic mass is 32.2. The first-order chi connectivity index (χ1) is 6.50. The summed E-state index contributed by atoms with van der Waals surface area (Å²) in [5.74, 6) is -0.800. The molecule has 0 aromatic heterocycles. The summed E-state index contributed by atoms with van der Waals surface area (Å²) in [6.07, 6.45) is 0. The van der Waals surface area contributed by atoms with Crippen molar-refractivity contribution < 1.29 is 9.90 Å². The van der Waals surface area contributed by atoms with Gasteiger partial charge < -0.3 is 10.8 Å². The number of hydrogen-bond acceptors (Lipinski definition) is 3. The van der Waals surface area contributed by atoms with Crippen LogP contribution in [-0.2, 0) is 4.79 Å². The summed E-state index contributed by atoms with van der Waals surface area (Å²) < 4.78 is 0. The highest BCUT2D eigenvalue weighted by Crippen LogP contribution is 2.27. The number of benzene rings is 1. The van der Waals surface area contributed by atoms with Crippen LogP contribution in [0.4, 0.5) is 5.69 Å². The Labute approximate surface area is 87.3 Å². The number of carbonyl (C=O) groups is 1. The van der Waals surface area contributed by atoms with Crippen molar-refractivity contribution >= 4 is 23.4 Å². The number of rotatable bonds is 3. The lowest BCUT2D eigenvalue weighted by molar-refractivity contribution is -0.136. The maximum atomic E-state index is 10.6. The van der Waals surface area contributed by atoms with Crippen LogP contribution >= 0.6 is 11.8 Å². The van der Waals surface area contributed by atoms with E-state index in [-0.39, 0.29) is 0 Å². The molecule has 76 valence electrons. The molecule has 0 saturated carbocycles. The molecular weight excluding hydrogens is 198 g/mol. The standard InChI is InChI=1S/C10H13NO2S/c1-6-5-8(11)3-4-9(6)14-7(2)10(12)13/h3-5,7H,11H2,1-2H3,(H,12,13). The number of aryl methyl sites for hydroxylation is 1. The van der Waals surface area contributed by atoms with Crippen molar-refractivity contribution in [3.63, 3.8) is 0 Å². The molecule has 4 heteroatoms. The van der Waals surface area contributed by atoms with Crippen LogP contribution in [-0.4, -0.2) is 16.3 Å². The van der Waals surface area contributed by atoms with E-state index in [0.29, 0.717) is 5.69 Å². The summed E-state index contributed by atoms with van der Waals surface area (Å²) in [6.45, 7) is 3.59. The van der Waals surface area contributed by atoms with Gasteiger partial charge in [0.25, 0.3) is 0 Å². The van der Waals surface area contributed by atoms with Gasteiger partial charge in [-0.15, -0.1) is 11.8 Å². The zero-order valence-electron chi connectivity index (χ0n) is 8.15. The van der Waals surface area contributed by atoms with Crippen molar-refractivity contribution in [2.24, 2.45) is 0 Å². The van der Waals surface area contributed by atoms with E-state index in [2.05, 4.69) is 0 Å². The normalized spacial score (nSPS) is 12.4. The van der Waals surface area contributed by atoms with Crippen molar-refractivity contribution in [3.05, 3.63) is 23.8 Å². The predicted molar refractivity (Wildman–Crippen MR) is 58.5 cm³/mol. The van der Waals surface area contributed by atoms with Crippen molar-refractivity contribution in [1.29, 1.82) is 0 Å². The second-order valence-electron chi connectivity index (χ2n) is 3.12. The number of thioether (sulfide) groups is 1. The minimum absolute atomic E-state index is 0.433. The van der Waals surface area contributed by atoms with Crippen LogP contribution in [0.15, 0.2) is 23.1 Å². The van der Waals surface area contributed by atoms with E-state index in [1.807, 2.05) is 19.1 Å². The molecule has 0 amide bonds. The molecule has 1 unspecified atom stereocenters. The molecule has 0 aliphatic carbocycles. The average Bonchev–Trinajstić information content (AvgIpc) is 2.09. The Kier molecular flexibility index (Phi) is 3.41. The van der Waals surface area contributed by atoms with Crippen molar-refractivity contribution in [2.45, 2.75) is 24.0 Å². The molecule has 0 aliphatic rings. The van der Waals surface area contributed by atoms with E-state index >= 15 is 0 Å². The summed E-state index contributed by atoms with van der Waals surface area (Å²) in [5.41, 5.74) is 7.31. The van der Waals surface area contributed by atoms with E-state index in [1.165, 1.54) is 11.8 Å². The number of nitrogens with two attached hydrogens (primary N) is 1. The van der Waals surface area contributed by atoms with Crippen molar-refractivity contribution in [1.82, 2.24) is 0 Å². The fraction of sp³-hybridized carbons (Fsp3) is 0.300. The van der Waals surface area contributed by atoms with Crippen molar-refractivity contribution in [2.75, 3.05) is 5.73 Å². The molecule has 0 fully saturated rings. The van der Waals surface area contributed by atoms with Gasteiger partial charge in [-0.1, -0.05) is 0 Å². The van der Waals surface area contributed by atoms with Gasteiger partial charge in [-0.25, -0.2) is 0 Å². The van der Waals surface area contributed by atoms with Gasteiger partial charge in [-0.05, 0) is 37.6 Å². The molecule has 0 aliphatic heterocycles. The molecule has 0 radical (unpaired) electrons. The quantitative estimate of drug-likeness (QED) is 0.594. The maximum absolute atomic E-state index is 10.6. The molecule has 0 spiro atoms. The summed E-state index contributed by atoms with van der Waals surface area (Å²) in [4.78, 5) is 11.6. The molecule has 0 saturated heterocycles. The zero-order chi connectivity index (χ0) is 10.7. The molecule has 0 heterocycles. The van der Waals surface area contributed by atoms with Crippen LogP contribution in [0.25, 0.3) is 0 Å². The molecule has 1 aromatic rings. The van der Waals surface area contributed by atoms with Crippen LogP contribution in [0.3, 0.4) is 0 Å². The number of carboxylic acid groups (broad SMARTS) is 1. The molecular formula is C10H13NO2S. The summed E-state index contributed by atoms with van der Waals surface area (Å²) >= 11 is 1.33. The number of nitrogen functional groups attached to an aromatic ring is 1. The number of anilines is 1. The third-order valence-corrected chi connectivity index (χ3v) is 3.12. The number of aliphatic carboxylic acids is 1. The number of hydrogen-bond donors (Lipinski definition) is 2. The van der Waals surface area contributed by atoms with E-state index in [0.717, 1.165) is 10.5 Å². The lowest BCUT2D eigenvalue weighted by Crippen LogP contribution is -2.11. The molecule has 3 N–H and O–H groups in total. The largest absolute Gasteiger partial charge is 0.480 e. The molecule has 0 bridgehead atoms. The van der Waals surface area contributed by atoms with Gasteiger partial charge in [-0.2, -0.15) is 0 Å². The van der Waals surface area contributed by atoms with Crippen LogP contribution in [0, 0.1) is 6.92 Å². The van der Waals surface area contributed by atoms with Gasteiger partial charge in [0.1, 0.15) is 5.25 Å². The second-order valence-corrected chi connectivity index (χ2v) is 4.51. The van der Waals surface area contributed by atoms with Gasteiger partial charge in [0.05, 0.1) is 0 Å². The Morgan fingerprint density at radius 3 is 2.71 bits per heavy atom. The highest BCUT2D eigenvalue weighted by Gasteiger charge is 2.13. The van der Waals surface area contributed by atoms with E-state index in [1.54, 1.807) is 13.0 Å². The molecule has 1 atom stereocenters. The molecule has 3 nitrogen and oxygen atoms in total. The monoisotopic (exact) mass is 211 g/mol. The minimum Gasteiger partial charge on any atom is -0.480 e. The van der Waals surface area contributed by atoms with Crippen LogP contribution < -0.4 is 5.73 Å². The summed E-state index contributed by atoms with van der Waals surface area (Å²) in [7, 11) is 0. The Bertz CT molecular complexity index is 352. The first-order valence-electron chi connectivity index (χ1n) is 4.26. The average molecular weight is 211 g/mol. The van der Waals surface area contributed by atoms with Gasteiger partial charge in [-0.3, -0.25) is 4.79 Å². The predicted octanol–water partition coefficient (Wildman–Crippen LogP) is 2.14. The van der Waals surface area contributed by atoms with E-state index in [9.17, 15) is 4.79 Å². The maximum Gasteiger partial charge on any atom is 0.316 e. The van der Waals surface area contributed by atoms with Gasteiger partial charge >= 0.3 is 5.97 Å². The fourth-order valence-electron chi connectivity index (χ4n) is 1.05. The Morgan fingerprint density at radius 1 is 1.57 bits per heavy atom. The smallest absolute Gasteiger partial charge is 0.316 e. The molecule has 1 aromatic carbocycles. The minimum atomic E-state index is -0.800. The Balaban J connectivity index is 2.82. The SMILES string of the molecule is Cc1cc(N)ccc1SC(C)C(=O)O. The lowest BCUT2D eigenvalue weighted by atomic mass is 10.2. The highest BCUT2D eigenvalue weighted by molar-refractivity contribution is 8.00. The Morgan fingerprint density at radius 2 is 2.21 bits per heavy atom. The summed E-state index contributed by atoms with van der Waals surface area (Å²) in [5, 5.41) is 8.31. The topological polar surface area (TPSA) is 63.3 Å². The van der Waals surface area contributed by atoms with E-state index < -0.39 is 11.2 Å². The summed E-state index contributed by atoms with van der Waals surface area (Å²) in [6, 6.07) is 5.48. The van der Waals surface area contributed by atoms with E-state index in [4.69, 9.17) is 10.8 Å². The molecule has 14 heavy (non-hydrogen) atoms. The fourth-order valence-corrected chi connectivity index (χ4v) is 1.92. The second kappa shape index (κ2) is 4.37. The third kappa shape index (κ3) is 2.67. The van der Waals surface area contributed by atoms with Gasteiger partial charge in [0.2, 0.25) is 0 Å². The Hall–Kier alpha value is -1.16. The van der Waals surface area contributed by atoms with Crippen molar-refractivity contribution in [3.8, 4) is 0 Å². The first kappa shape index (κ1) is 10.9. The zero-order valence-corrected chi connectivity index (χ0v) is 8.97. The van der Waals surface area contributed by atoms with Gasteiger partial charge in [0, 0.05) is 10.6 Å². The van der Waals surface area contributed by atoms with Crippen LogP contribution in [0.2, 0.25) is 0 Å². The van der Waals surface area contributed by atoms with Gasteiger partial charge in [0.15, 0.2) is 0 Å². The van der Waals surface area contributed by atoms with Crippen LogP contribution in [0.1, 0.15) is 12.5 Å². The third-order valence-electron chi connectivity index (χ3n) is 1.85. The lowest BCUT2D eigenvalue weighted by Gasteiger charge is -2.09.